The Morgan fingerprint density at radius 1 is 0.667 bits per heavy atom. The number of carboxylic acids is 2. The Kier molecular flexibility index (Phi) is 13.8. The van der Waals surface area contributed by atoms with Crippen molar-refractivity contribution >= 4 is 29.5 Å². The Hall–Kier alpha value is -0.866. The molecule has 0 aromatic heterocycles. The highest BCUT2D eigenvalue weighted by Gasteiger charge is 2.43. The van der Waals surface area contributed by atoms with Gasteiger partial charge in [-0.05, 0) is 38.5 Å². The first-order chi connectivity index (χ1) is 14.1. The van der Waals surface area contributed by atoms with Crippen molar-refractivity contribution in [2.75, 3.05) is 42.7 Å². The van der Waals surface area contributed by atoms with Crippen LogP contribution in [-0.2, 0) is 36.1 Å². The van der Waals surface area contributed by atoms with Crippen molar-refractivity contribution in [1.82, 2.24) is 0 Å². The van der Waals surface area contributed by atoms with Gasteiger partial charge in [-0.2, -0.15) is 0 Å². The number of rotatable bonds is 19. The third-order valence-electron chi connectivity index (χ3n) is 5.64. The number of carboxylic acid groups (broad SMARTS) is 2. The summed E-state index contributed by atoms with van der Waals surface area (Å²) in [6.07, 6.45) is 2.21. The first kappa shape index (κ1) is 29.1. The minimum atomic E-state index is -2.82. The number of carbonyl (C=O) groups is 2. The van der Waals surface area contributed by atoms with Crippen LogP contribution in [0.15, 0.2) is 0 Å². The molecule has 0 aliphatic heterocycles. The minimum absolute atomic E-state index is 0.0746. The van der Waals surface area contributed by atoms with Crippen molar-refractivity contribution < 1.29 is 46.4 Å². The fraction of sp³-hybridized carbons (Fsp3) is 0.889. The van der Waals surface area contributed by atoms with E-state index < -0.39 is 35.0 Å². The molecule has 30 heavy (non-hydrogen) atoms. The number of hydrogen-bond donors (Lipinski definition) is 2. The second kappa shape index (κ2) is 14.2. The zero-order valence-corrected chi connectivity index (χ0v) is 21.0. The summed E-state index contributed by atoms with van der Waals surface area (Å²) < 4.78 is 32.5. The van der Waals surface area contributed by atoms with Crippen LogP contribution >= 0.6 is 0 Å². The summed E-state index contributed by atoms with van der Waals surface area (Å²) in [7, 11) is 3.45. The maximum atomic E-state index is 12.3. The largest absolute Gasteiger partial charge is 0.500 e. The maximum Gasteiger partial charge on any atom is 0.500 e. The van der Waals surface area contributed by atoms with Crippen LogP contribution in [0.3, 0.4) is 0 Å². The Balaban J connectivity index is 5.34. The van der Waals surface area contributed by atoms with Crippen LogP contribution in [0.25, 0.3) is 0 Å². The van der Waals surface area contributed by atoms with Crippen LogP contribution in [-0.4, -0.2) is 82.4 Å². The van der Waals surface area contributed by atoms with Gasteiger partial charge in [0.2, 0.25) is 0 Å². The second-order valence-corrected chi connectivity index (χ2v) is 13.3. The van der Waals surface area contributed by atoms with Crippen molar-refractivity contribution in [2.45, 2.75) is 57.0 Å². The van der Waals surface area contributed by atoms with Crippen molar-refractivity contribution in [1.29, 1.82) is 0 Å². The minimum Gasteiger partial charge on any atom is -0.481 e. The summed E-state index contributed by atoms with van der Waals surface area (Å²) in [5.74, 6) is -1.88. The van der Waals surface area contributed by atoms with Gasteiger partial charge in [0.05, 0.1) is 5.41 Å². The van der Waals surface area contributed by atoms with E-state index >= 15 is 0 Å². The molecule has 0 atom stereocenters. The molecule has 0 bridgehead atoms. The van der Waals surface area contributed by atoms with Gasteiger partial charge in [0.15, 0.2) is 0 Å². The lowest BCUT2D eigenvalue weighted by atomic mass is 9.75. The molecule has 0 saturated heterocycles. The van der Waals surface area contributed by atoms with E-state index in [0.29, 0.717) is 37.8 Å². The lowest BCUT2D eigenvalue weighted by molar-refractivity contribution is -0.151. The highest BCUT2D eigenvalue weighted by atomic mass is 28.4. The molecule has 178 valence electrons. The standard InChI is InChI=1S/C18H38O10Si2/c1-23-29(24-2,25-3)14-8-12-18(17(21)22,11-7-10-16(19)20)13-9-15-30(26-4,27-5)28-6/h7-15H2,1-6H3,(H,19,20)(H,21,22). The van der Waals surface area contributed by atoms with E-state index in [1.165, 1.54) is 42.7 Å². The van der Waals surface area contributed by atoms with E-state index in [1.54, 1.807) is 0 Å². The summed E-state index contributed by atoms with van der Waals surface area (Å²) >= 11 is 0. The molecule has 0 heterocycles. The third-order valence-corrected chi connectivity index (χ3v) is 11.3. The van der Waals surface area contributed by atoms with Gasteiger partial charge in [0, 0.05) is 61.2 Å². The Labute approximate surface area is 181 Å². The van der Waals surface area contributed by atoms with Crippen molar-refractivity contribution in [3.05, 3.63) is 0 Å². The van der Waals surface area contributed by atoms with E-state index in [1.807, 2.05) is 0 Å². The second-order valence-electron chi connectivity index (χ2n) is 7.13. The molecule has 0 radical (unpaired) electrons. The predicted octanol–water partition coefficient (Wildman–Crippen LogP) is 2.63. The predicted molar refractivity (Wildman–Crippen MR) is 113 cm³/mol. The molecule has 0 unspecified atom stereocenters. The first-order valence-electron chi connectivity index (χ1n) is 9.90. The lowest BCUT2D eigenvalue weighted by Crippen LogP contribution is -2.44. The van der Waals surface area contributed by atoms with E-state index in [2.05, 4.69) is 0 Å². The number of aliphatic carboxylic acids is 2. The Bertz CT molecular complexity index is 467. The molecule has 2 N–H and O–H groups in total. The van der Waals surface area contributed by atoms with Crippen molar-refractivity contribution in [3.63, 3.8) is 0 Å². The van der Waals surface area contributed by atoms with Gasteiger partial charge in [-0.25, -0.2) is 0 Å². The lowest BCUT2D eigenvalue weighted by Gasteiger charge is -2.32. The van der Waals surface area contributed by atoms with Crippen LogP contribution in [0.1, 0.15) is 44.9 Å². The van der Waals surface area contributed by atoms with E-state index in [4.69, 9.17) is 31.7 Å². The molecular formula is C18H38O10Si2. The Morgan fingerprint density at radius 2 is 1.00 bits per heavy atom. The average Bonchev–Trinajstić information content (AvgIpc) is 2.74. The van der Waals surface area contributed by atoms with Gasteiger partial charge in [0.25, 0.3) is 0 Å². The maximum absolute atomic E-state index is 12.3. The molecule has 10 nitrogen and oxygen atoms in total. The molecule has 0 saturated carbocycles. The summed E-state index contributed by atoms with van der Waals surface area (Å²) in [5, 5.41) is 19.0. The summed E-state index contributed by atoms with van der Waals surface area (Å²) in [6.45, 7) is 0. The monoisotopic (exact) mass is 470 g/mol. The molecule has 0 rings (SSSR count). The van der Waals surface area contributed by atoms with Crippen LogP contribution in [0.2, 0.25) is 12.1 Å². The van der Waals surface area contributed by atoms with Crippen LogP contribution in [0.4, 0.5) is 0 Å². The third kappa shape index (κ3) is 8.71. The van der Waals surface area contributed by atoms with Crippen molar-refractivity contribution in [2.24, 2.45) is 5.41 Å². The zero-order valence-electron chi connectivity index (χ0n) is 19.0. The van der Waals surface area contributed by atoms with Gasteiger partial charge in [0.1, 0.15) is 0 Å². The van der Waals surface area contributed by atoms with Gasteiger partial charge >= 0.3 is 29.5 Å². The summed E-state index contributed by atoms with van der Waals surface area (Å²) in [5.41, 5.74) is -1.07. The molecule has 0 fully saturated rings. The molecule has 0 aliphatic rings. The SMILES string of the molecule is CO[Si](CCCC(CCCC(=O)O)(CCC[Si](OC)(OC)OC)C(=O)O)(OC)OC. The Morgan fingerprint density at radius 3 is 1.27 bits per heavy atom. The van der Waals surface area contributed by atoms with Gasteiger partial charge in [-0.15, -0.1) is 0 Å². The van der Waals surface area contributed by atoms with Crippen LogP contribution in [0.5, 0.6) is 0 Å². The van der Waals surface area contributed by atoms with Gasteiger partial charge in [-0.1, -0.05) is 0 Å². The van der Waals surface area contributed by atoms with Crippen LogP contribution in [0, 0.1) is 5.41 Å². The molecule has 0 amide bonds. The molecule has 0 aromatic carbocycles. The van der Waals surface area contributed by atoms with E-state index in [-0.39, 0.29) is 19.3 Å². The summed E-state index contributed by atoms with van der Waals surface area (Å²) in [6, 6.07) is 0.939. The number of hydrogen-bond acceptors (Lipinski definition) is 8. The average molecular weight is 471 g/mol. The quantitative estimate of drug-likeness (QED) is 0.272. The topological polar surface area (TPSA) is 130 Å². The smallest absolute Gasteiger partial charge is 0.481 e. The van der Waals surface area contributed by atoms with Gasteiger partial charge < -0.3 is 36.8 Å². The van der Waals surface area contributed by atoms with E-state index in [9.17, 15) is 14.7 Å². The fourth-order valence-corrected chi connectivity index (χ4v) is 7.12. The zero-order chi connectivity index (χ0) is 23.3. The highest BCUT2D eigenvalue weighted by molar-refractivity contribution is 6.60. The molecular weight excluding hydrogens is 432 g/mol. The molecule has 0 aliphatic carbocycles. The molecule has 0 aromatic rings. The van der Waals surface area contributed by atoms with E-state index in [0.717, 1.165) is 0 Å². The fourth-order valence-electron chi connectivity index (χ4n) is 3.67. The summed E-state index contributed by atoms with van der Waals surface area (Å²) in [4.78, 5) is 23.3. The normalized spacial score (nSPS) is 12.9. The first-order valence-corrected chi connectivity index (χ1v) is 13.8. The molecule has 12 heteroatoms. The van der Waals surface area contributed by atoms with Crippen LogP contribution < -0.4 is 0 Å². The molecule has 0 spiro atoms. The van der Waals surface area contributed by atoms with Gasteiger partial charge in [-0.3, -0.25) is 9.59 Å². The van der Waals surface area contributed by atoms with Crippen molar-refractivity contribution in [3.8, 4) is 0 Å². The highest BCUT2D eigenvalue weighted by Crippen LogP contribution is 2.39.